The number of hydrogen-bond donors (Lipinski definition) is 1. The van der Waals surface area contributed by atoms with Crippen molar-refractivity contribution < 1.29 is 22.4 Å². The maximum Gasteiger partial charge on any atom is 0.354 e. The van der Waals surface area contributed by atoms with Gasteiger partial charge in [0.25, 0.3) is 0 Å². The third-order valence-corrected chi connectivity index (χ3v) is 3.34. The van der Waals surface area contributed by atoms with Crippen molar-refractivity contribution in [3.05, 3.63) is 32.1 Å². The molecule has 9 heteroatoms. The molecule has 0 atom stereocenters. The van der Waals surface area contributed by atoms with E-state index in [1.54, 1.807) is 35.2 Å². The zero-order valence-electron chi connectivity index (χ0n) is 10.8. The van der Waals surface area contributed by atoms with Crippen molar-refractivity contribution in [2.45, 2.75) is 0 Å². The fourth-order valence-electron chi connectivity index (χ4n) is 1.84. The van der Waals surface area contributed by atoms with E-state index in [1.807, 2.05) is 0 Å². The second kappa shape index (κ2) is 4.04. The molecule has 1 rings (SSSR count). The van der Waals surface area contributed by atoms with Crippen LogP contribution in [0.5, 0.6) is 0 Å². The zero-order valence-corrected chi connectivity index (χ0v) is 11.6. The van der Waals surface area contributed by atoms with Gasteiger partial charge in [0.1, 0.15) is 5.70 Å². The van der Waals surface area contributed by atoms with Crippen LogP contribution in [0.25, 0.3) is 0 Å². The monoisotopic (exact) mass is 278 g/mol. The smallest absolute Gasteiger partial charge is 0.354 e. The second-order valence-corrected chi connectivity index (χ2v) is 6.37. The molecule has 0 aromatic rings. The first-order chi connectivity index (χ1) is 7.89. The van der Waals surface area contributed by atoms with Crippen LogP contribution in [0.2, 0.25) is 0 Å². The highest BCUT2D eigenvalue weighted by atomic mass is 32.2. The summed E-state index contributed by atoms with van der Waals surface area (Å²) in [5.74, 6) is 0. The van der Waals surface area contributed by atoms with Gasteiger partial charge in [0.15, 0.2) is 0 Å². The quantitative estimate of drug-likeness (QED) is 0.332. The van der Waals surface area contributed by atoms with E-state index in [0.29, 0.717) is 0 Å². The summed E-state index contributed by atoms with van der Waals surface area (Å²) in [6, 6.07) is 0. The molecule has 0 spiro atoms. The first-order valence-corrected chi connectivity index (χ1v) is 6.43. The lowest BCUT2D eigenvalue weighted by molar-refractivity contribution is -0.835. The van der Waals surface area contributed by atoms with Crippen molar-refractivity contribution >= 4 is 10.1 Å². The third-order valence-electron chi connectivity index (χ3n) is 2.44. The predicted molar refractivity (Wildman–Crippen MR) is 64.3 cm³/mol. The highest BCUT2D eigenvalue weighted by molar-refractivity contribution is 7.90. The summed E-state index contributed by atoms with van der Waals surface area (Å²) in [6.07, 6.45) is 0. The summed E-state index contributed by atoms with van der Waals surface area (Å²) in [7, 11) is 3.56. The molecule has 1 aliphatic rings. The fourth-order valence-corrected chi connectivity index (χ4v) is 2.78. The molecule has 0 radical (unpaired) electrons. The third kappa shape index (κ3) is 2.24. The Morgan fingerprint density at radius 2 is 1.72 bits per heavy atom. The van der Waals surface area contributed by atoms with Crippen LogP contribution >= 0.6 is 0 Å². The first-order valence-electron chi connectivity index (χ1n) is 4.99. The van der Waals surface area contributed by atoms with Gasteiger partial charge in [-0.2, -0.15) is 8.42 Å². The van der Waals surface area contributed by atoms with E-state index < -0.39 is 25.6 Å². The van der Waals surface area contributed by atoms with E-state index in [9.17, 15) is 18.5 Å². The Labute approximate surface area is 105 Å². The van der Waals surface area contributed by atoms with E-state index in [4.69, 9.17) is 4.55 Å². The Balaban J connectivity index is 3.57. The maximum atomic E-state index is 11.2. The van der Waals surface area contributed by atoms with Crippen LogP contribution in [0.3, 0.4) is 0 Å². The van der Waals surface area contributed by atoms with Gasteiger partial charge in [-0.15, -0.1) is 0 Å². The summed E-state index contributed by atoms with van der Waals surface area (Å²) in [5.41, 5.74) is -0.122. The Kier molecular flexibility index (Phi) is 3.28. The largest absolute Gasteiger partial charge is 0.371 e. The van der Waals surface area contributed by atoms with Crippen LogP contribution in [0, 0.1) is 10.1 Å². The van der Waals surface area contributed by atoms with Crippen molar-refractivity contribution in [3.63, 3.8) is 0 Å². The number of likely N-dealkylation sites (N-methyl/N-ethyl adjacent to an activating group) is 2. The summed E-state index contributed by atoms with van der Waals surface area (Å²) in [5, 5.41) is 11.0. The normalized spacial score (nSPS) is 16.8. The average Bonchev–Trinajstić information content (AvgIpc) is 1.92. The van der Waals surface area contributed by atoms with Gasteiger partial charge < -0.3 is 4.90 Å². The standard InChI is InChI=1S/C9H15N3O5S/c1-10(2)6-8(12(3,4)5)7(11(13)14)9(6)18(15,16)17/h1-5H3/p+1. The van der Waals surface area contributed by atoms with Gasteiger partial charge in [-0.1, -0.05) is 0 Å². The molecule has 0 saturated heterocycles. The van der Waals surface area contributed by atoms with Crippen LogP contribution in [0.1, 0.15) is 0 Å². The second-order valence-electron chi connectivity index (χ2n) is 5.01. The molecule has 0 heterocycles. The highest BCUT2D eigenvalue weighted by Gasteiger charge is 2.53. The molecule has 0 saturated carbocycles. The van der Waals surface area contributed by atoms with E-state index in [0.717, 1.165) is 0 Å². The number of nitrogens with zero attached hydrogens (tertiary/aromatic N) is 3. The van der Waals surface area contributed by atoms with Crippen LogP contribution < -0.4 is 0 Å². The molecular weight excluding hydrogens is 262 g/mol. The number of nitro groups is 1. The van der Waals surface area contributed by atoms with Gasteiger partial charge in [-0.25, -0.2) is 0 Å². The van der Waals surface area contributed by atoms with Crippen molar-refractivity contribution in [2.75, 3.05) is 35.2 Å². The van der Waals surface area contributed by atoms with Crippen LogP contribution in [0.4, 0.5) is 0 Å². The van der Waals surface area contributed by atoms with Gasteiger partial charge in [0.05, 0.1) is 26.1 Å². The summed E-state index contributed by atoms with van der Waals surface area (Å²) >= 11 is 0. The summed E-state index contributed by atoms with van der Waals surface area (Å²) < 4.78 is 31.7. The van der Waals surface area contributed by atoms with Gasteiger partial charge in [-0.3, -0.25) is 19.2 Å². The van der Waals surface area contributed by atoms with Gasteiger partial charge >= 0.3 is 15.8 Å². The minimum atomic E-state index is -4.62. The molecule has 0 bridgehead atoms. The van der Waals surface area contributed by atoms with Crippen molar-refractivity contribution in [3.8, 4) is 0 Å². The number of hydrogen-bond acceptors (Lipinski definition) is 5. The van der Waals surface area contributed by atoms with Crippen LogP contribution in [-0.4, -0.2) is 62.5 Å². The van der Waals surface area contributed by atoms with Crippen LogP contribution in [-0.2, 0) is 10.1 Å². The molecule has 0 aliphatic heterocycles. The fraction of sp³-hybridized carbons (Fsp3) is 0.556. The molecule has 0 aromatic heterocycles. The van der Waals surface area contributed by atoms with Crippen molar-refractivity contribution in [1.29, 1.82) is 0 Å². The molecule has 102 valence electrons. The molecule has 0 unspecified atom stereocenters. The molecule has 1 aliphatic carbocycles. The first kappa shape index (κ1) is 14.6. The van der Waals surface area contributed by atoms with Crippen molar-refractivity contribution in [2.24, 2.45) is 0 Å². The Morgan fingerprint density at radius 1 is 1.28 bits per heavy atom. The molecule has 18 heavy (non-hydrogen) atoms. The molecule has 0 fully saturated rings. The van der Waals surface area contributed by atoms with E-state index >= 15 is 0 Å². The van der Waals surface area contributed by atoms with Gasteiger partial charge in [0.2, 0.25) is 10.6 Å². The minimum Gasteiger partial charge on any atom is -0.371 e. The average molecular weight is 278 g/mol. The minimum absolute atomic E-state index is 0.0862. The Hall–Kier alpha value is -1.45. The van der Waals surface area contributed by atoms with E-state index in [2.05, 4.69) is 0 Å². The lowest BCUT2D eigenvalue weighted by Crippen LogP contribution is -2.45. The van der Waals surface area contributed by atoms with Crippen molar-refractivity contribution in [1.82, 2.24) is 4.90 Å². The predicted octanol–water partition coefficient (Wildman–Crippen LogP) is -0.144. The molecule has 0 amide bonds. The summed E-state index contributed by atoms with van der Waals surface area (Å²) in [4.78, 5) is 11.0. The topological polar surface area (TPSA) is 101 Å². The lowest BCUT2D eigenvalue weighted by atomic mass is 10.0. The molecule has 8 nitrogen and oxygen atoms in total. The Bertz CT molecular complexity index is 566. The SMILES string of the molecule is CN(C)C1=C([N+](C)(C)C)C([N+](=O)[O-])=C1S(=O)(=O)O. The number of rotatable bonds is 4. The van der Waals surface area contributed by atoms with Gasteiger partial charge in [0, 0.05) is 14.1 Å². The van der Waals surface area contributed by atoms with E-state index in [-0.39, 0.29) is 15.9 Å². The Morgan fingerprint density at radius 3 is 1.94 bits per heavy atom. The number of quaternary nitrogens is 1. The van der Waals surface area contributed by atoms with Gasteiger partial charge in [-0.05, 0) is 0 Å². The zero-order chi connectivity index (χ0) is 14.5. The molecular formula is C9H16N3O5S+. The highest BCUT2D eigenvalue weighted by Crippen LogP contribution is 2.42. The summed E-state index contributed by atoms with van der Waals surface area (Å²) in [6.45, 7) is 0. The lowest BCUT2D eigenvalue weighted by Gasteiger charge is -2.34. The molecule has 0 aromatic carbocycles. The van der Waals surface area contributed by atoms with Crippen LogP contribution in [0.15, 0.2) is 22.0 Å². The maximum absolute atomic E-state index is 11.2. The van der Waals surface area contributed by atoms with E-state index in [1.165, 1.54) is 4.90 Å². The molecule has 1 N–H and O–H groups in total.